The molecule has 5 nitrogen and oxygen atoms in total. The molecule has 178 valence electrons. The van der Waals surface area contributed by atoms with Gasteiger partial charge in [0.25, 0.3) is 0 Å². The van der Waals surface area contributed by atoms with Crippen molar-refractivity contribution < 1.29 is 14.3 Å². The highest BCUT2D eigenvalue weighted by molar-refractivity contribution is 6.33. The molecule has 3 aromatic carbocycles. The maximum Gasteiger partial charge on any atom is 0.344 e. The van der Waals surface area contributed by atoms with Crippen molar-refractivity contribution in [3.8, 4) is 5.75 Å². The Bertz CT molecular complexity index is 1090. The molecule has 0 unspecified atom stereocenters. The molecule has 1 atom stereocenters. The number of hydrogen-bond acceptors (Lipinski definition) is 5. The molecular formula is C27H28Cl2N2O3. The maximum atomic E-state index is 11.6. The van der Waals surface area contributed by atoms with Crippen LogP contribution in [0.2, 0.25) is 10.0 Å². The lowest BCUT2D eigenvalue weighted by atomic mass is 10.0. The molecule has 1 heterocycles. The van der Waals surface area contributed by atoms with Crippen molar-refractivity contribution in [2.75, 3.05) is 37.7 Å². The lowest BCUT2D eigenvalue weighted by molar-refractivity contribution is -0.145. The van der Waals surface area contributed by atoms with Gasteiger partial charge in [-0.3, -0.25) is 4.90 Å². The van der Waals surface area contributed by atoms with Gasteiger partial charge in [0.2, 0.25) is 0 Å². The zero-order chi connectivity index (χ0) is 23.9. The normalized spacial score (nSPS) is 16.3. The average molecular weight is 499 g/mol. The third kappa shape index (κ3) is 6.23. The molecule has 3 aromatic rings. The summed E-state index contributed by atoms with van der Waals surface area (Å²) in [7, 11) is 0. The Morgan fingerprint density at radius 2 is 1.76 bits per heavy atom. The molecule has 34 heavy (non-hydrogen) atoms. The predicted octanol–water partition coefficient (Wildman–Crippen LogP) is 6.00. The molecule has 0 amide bonds. The van der Waals surface area contributed by atoms with E-state index in [0.717, 1.165) is 31.9 Å². The van der Waals surface area contributed by atoms with Crippen LogP contribution in [0.4, 0.5) is 5.69 Å². The first-order valence-electron chi connectivity index (χ1n) is 11.4. The molecule has 0 saturated carbocycles. The van der Waals surface area contributed by atoms with E-state index in [2.05, 4.69) is 46.2 Å². The minimum atomic E-state index is -0.403. The first kappa shape index (κ1) is 24.4. The number of carbonyl (C=O) groups is 1. The summed E-state index contributed by atoms with van der Waals surface area (Å²) in [6.45, 7) is 5.43. The van der Waals surface area contributed by atoms with Crippen molar-refractivity contribution in [2.45, 2.75) is 19.5 Å². The summed E-state index contributed by atoms with van der Waals surface area (Å²) in [6.07, 6.45) is 0. The molecule has 4 rings (SSSR count). The molecule has 1 fully saturated rings. The van der Waals surface area contributed by atoms with E-state index in [-0.39, 0.29) is 12.6 Å². The van der Waals surface area contributed by atoms with Gasteiger partial charge < -0.3 is 14.4 Å². The minimum Gasteiger partial charge on any atom is -0.482 e. The van der Waals surface area contributed by atoms with Crippen LogP contribution >= 0.6 is 23.2 Å². The first-order valence-corrected chi connectivity index (χ1v) is 12.2. The summed E-state index contributed by atoms with van der Waals surface area (Å²) in [6, 6.07) is 24.2. The van der Waals surface area contributed by atoms with E-state index in [0.29, 0.717) is 22.4 Å². The molecular weight excluding hydrogens is 471 g/mol. The largest absolute Gasteiger partial charge is 0.482 e. The lowest BCUT2D eigenvalue weighted by Gasteiger charge is -2.43. The highest BCUT2D eigenvalue weighted by Gasteiger charge is 2.30. The molecule has 1 saturated heterocycles. The van der Waals surface area contributed by atoms with Gasteiger partial charge in [-0.2, -0.15) is 0 Å². The average Bonchev–Trinajstić information content (AvgIpc) is 2.84. The second-order valence-corrected chi connectivity index (χ2v) is 9.03. The standard InChI is InChI=1S/C27H28Cl2N2O3/c1-2-33-27(32)19-34-23-12-13-25(24(29)16-23)31-15-14-30(17-20-6-4-3-5-7-20)18-26(31)21-8-10-22(28)11-9-21/h3-13,16,26H,2,14-15,17-19H2,1H3/t26-/m0/s1. The first-order chi connectivity index (χ1) is 16.5. The quantitative estimate of drug-likeness (QED) is 0.356. The molecule has 0 spiro atoms. The SMILES string of the molecule is CCOC(=O)COc1ccc(N2CCN(Cc3ccccc3)C[C@H]2c2ccc(Cl)cc2)c(Cl)c1. The minimum absolute atomic E-state index is 0.110. The third-order valence-corrected chi connectivity index (χ3v) is 6.41. The van der Waals surface area contributed by atoms with Crippen LogP contribution in [-0.4, -0.2) is 43.7 Å². The Labute approximate surface area is 210 Å². The fourth-order valence-electron chi connectivity index (χ4n) is 4.24. The number of rotatable bonds is 8. The van der Waals surface area contributed by atoms with Crippen molar-refractivity contribution in [3.05, 3.63) is 94.0 Å². The fourth-order valence-corrected chi connectivity index (χ4v) is 4.64. The van der Waals surface area contributed by atoms with Gasteiger partial charge in [-0.1, -0.05) is 65.7 Å². The van der Waals surface area contributed by atoms with Crippen molar-refractivity contribution in [2.24, 2.45) is 0 Å². The van der Waals surface area contributed by atoms with E-state index in [9.17, 15) is 4.79 Å². The summed E-state index contributed by atoms with van der Waals surface area (Å²) in [5, 5.41) is 1.30. The van der Waals surface area contributed by atoms with Gasteiger partial charge in [-0.25, -0.2) is 4.79 Å². The van der Waals surface area contributed by atoms with Crippen molar-refractivity contribution >= 4 is 34.9 Å². The van der Waals surface area contributed by atoms with Crippen LogP contribution in [0.1, 0.15) is 24.1 Å². The van der Waals surface area contributed by atoms with Gasteiger partial charge in [-0.15, -0.1) is 0 Å². The van der Waals surface area contributed by atoms with E-state index >= 15 is 0 Å². The summed E-state index contributed by atoms with van der Waals surface area (Å²) >= 11 is 12.9. The van der Waals surface area contributed by atoms with Crippen LogP contribution in [0.15, 0.2) is 72.8 Å². The number of ether oxygens (including phenoxy) is 2. The lowest BCUT2D eigenvalue weighted by Crippen LogP contribution is -2.48. The summed E-state index contributed by atoms with van der Waals surface area (Å²) < 4.78 is 10.5. The second kappa shape index (κ2) is 11.6. The summed E-state index contributed by atoms with van der Waals surface area (Å²) in [5.74, 6) is 0.132. The topological polar surface area (TPSA) is 42.0 Å². The van der Waals surface area contributed by atoms with E-state index < -0.39 is 5.97 Å². The highest BCUT2D eigenvalue weighted by Crippen LogP contribution is 2.37. The molecule has 0 bridgehead atoms. The smallest absolute Gasteiger partial charge is 0.344 e. The monoisotopic (exact) mass is 498 g/mol. The number of piperazine rings is 1. The number of halogens is 2. The molecule has 0 aliphatic carbocycles. The highest BCUT2D eigenvalue weighted by atomic mass is 35.5. The zero-order valence-corrected chi connectivity index (χ0v) is 20.6. The van der Waals surface area contributed by atoms with Gasteiger partial charge in [0, 0.05) is 37.3 Å². The van der Waals surface area contributed by atoms with Gasteiger partial charge >= 0.3 is 5.97 Å². The van der Waals surface area contributed by atoms with Crippen LogP contribution in [0.25, 0.3) is 0 Å². The molecule has 0 N–H and O–H groups in total. The number of anilines is 1. The number of nitrogens with zero attached hydrogens (tertiary/aromatic N) is 2. The number of carbonyl (C=O) groups excluding carboxylic acids is 1. The number of benzene rings is 3. The van der Waals surface area contributed by atoms with Crippen LogP contribution in [0.5, 0.6) is 5.75 Å². The third-order valence-electron chi connectivity index (χ3n) is 5.86. The van der Waals surface area contributed by atoms with Crippen LogP contribution in [-0.2, 0) is 16.1 Å². The maximum absolute atomic E-state index is 11.6. The summed E-state index contributed by atoms with van der Waals surface area (Å²) in [5.41, 5.74) is 3.41. The van der Waals surface area contributed by atoms with Crippen LogP contribution < -0.4 is 9.64 Å². The van der Waals surface area contributed by atoms with Crippen molar-refractivity contribution in [1.82, 2.24) is 4.90 Å². The molecule has 7 heteroatoms. The predicted molar refractivity (Wildman–Crippen MR) is 137 cm³/mol. The summed E-state index contributed by atoms with van der Waals surface area (Å²) in [4.78, 5) is 16.4. The van der Waals surface area contributed by atoms with Crippen LogP contribution in [0.3, 0.4) is 0 Å². The number of hydrogen-bond donors (Lipinski definition) is 0. The van der Waals surface area contributed by atoms with E-state index in [1.165, 1.54) is 11.1 Å². The molecule has 0 radical (unpaired) electrons. The number of esters is 1. The Morgan fingerprint density at radius 1 is 1.00 bits per heavy atom. The van der Waals surface area contributed by atoms with Crippen LogP contribution in [0, 0.1) is 0 Å². The van der Waals surface area contributed by atoms with Gasteiger partial charge in [0.15, 0.2) is 6.61 Å². The second-order valence-electron chi connectivity index (χ2n) is 8.19. The molecule has 0 aromatic heterocycles. The van der Waals surface area contributed by atoms with E-state index in [4.69, 9.17) is 32.7 Å². The van der Waals surface area contributed by atoms with Gasteiger partial charge in [0.1, 0.15) is 5.75 Å². The molecule has 1 aliphatic heterocycles. The van der Waals surface area contributed by atoms with Crippen molar-refractivity contribution in [3.63, 3.8) is 0 Å². The van der Waals surface area contributed by atoms with Gasteiger partial charge in [0.05, 0.1) is 23.4 Å². The molecule has 1 aliphatic rings. The zero-order valence-electron chi connectivity index (χ0n) is 19.1. The fraction of sp³-hybridized carbons (Fsp3) is 0.296. The van der Waals surface area contributed by atoms with Gasteiger partial charge in [-0.05, 0) is 42.3 Å². The Kier molecular flexibility index (Phi) is 8.33. The van der Waals surface area contributed by atoms with Crippen molar-refractivity contribution in [1.29, 1.82) is 0 Å². The Hall–Kier alpha value is -2.73. The van der Waals surface area contributed by atoms with E-state index in [1.807, 2.05) is 30.3 Å². The van der Waals surface area contributed by atoms with E-state index in [1.54, 1.807) is 13.0 Å². The Morgan fingerprint density at radius 3 is 2.47 bits per heavy atom. The Balaban J connectivity index is 1.54.